The van der Waals surface area contributed by atoms with Crippen molar-refractivity contribution in [1.29, 1.82) is 0 Å². The summed E-state index contributed by atoms with van der Waals surface area (Å²) >= 11 is 0. The molecule has 1 aromatic carbocycles. The minimum atomic E-state index is 0.0579. The Hall–Kier alpha value is -1.75. The van der Waals surface area contributed by atoms with Gasteiger partial charge in [-0.1, -0.05) is 25.1 Å². The van der Waals surface area contributed by atoms with E-state index >= 15 is 0 Å². The third-order valence-electron chi connectivity index (χ3n) is 3.84. The number of hydrogen-bond donors (Lipinski definition) is 2. The molecule has 2 N–H and O–H groups in total. The van der Waals surface area contributed by atoms with Crippen molar-refractivity contribution in [2.75, 3.05) is 32.8 Å². The summed E-state index contributed by atoms with van der Waals surface area (Å²) in [7, 11) is 0. The van der Waals surface area contributed by atoms with E-state index in [1.165, 1.54) is 0 Å². The molecule has 0 amide bonds. The predicted molar refractivity (Wildman–Crippen MR) is 94.2 cm³/mol. The van der Waals surface area contributed by atoms with Crippen molar-refractivity contribution in [3.63, 3.8) is 0 Å². The highest BCUT2D eigenvalue weighted by atomic mass is 16.5. The van der Waals surface area contributed by atoms with E-state index in [9.17, 15) is 0 Å². The maximum atomic E-state index is 5.99. The Bertz CT molecular complexity index is 527. The van der Waals surface area contributed by atoms with Gasteiger partial charge < -0.3 is 20.1 Å². The molecule has 128 valence electrons. The van der Waals surface area contributed by atoms with Crippen LogP contribution in [0.2, 0.25) is 0 Å². The lowest BCUT2D eigenvalue weighted by Crippen LogP contribution is -2.45. The summed E-state index contributed by atoms with van der Waals surface area (Å²) in [5, 5.41) is 6.63. The zero-order valence-corrected chi connectivity index (χ0v) is 14.7. The second kappa shape index (κ2) is 8.20. The van der Waals surface area contributed by atoms with Gasteiger partial charge in [-0.3, -0.25) is 4.99 Å². The molecule has 1 saturated heterocycles. The number of guanidine groups is 1. The van der Waals surface area contributed by atoms with E-state index in [1.807, 2.05) is 18.2 Å². The zero-order valence-electron chi connectivity index (χ0n) is 14.7. The Morgan fingerprint density at radius 3 is 2.70 bits per heavy atom. The van der Waals surface area contributed by atoms with Crippen molar-refractivity contribution < 1.29 is 9.47 Å². The lowest BCUT2D eigenvalue weighted by molar-refractivity contribution is -0.0945. The molecular weight excluding hydrogens is 290 g/mol. The molecule has 0 bridgehead atoms. The van der Waals surface area contributed by atoms with Crippen molar-refractivity contribution in [2.45, 2.75) is 33.8 Å². The smallest absolute Gasteiger partial charge is 0.191 e. The summed E-state index contributed by atoms with van der Waals surface area (Å²) in [4.78, 5) is 4.66. The number of hydrogen-bond acceptors (Lipinski definition) is 3. The number of nitrogens with zero attached hydrogens (tertiary/aromatic N) is 1. The van der Waals surface area contributed by atoms with Gasteiger partial charge in [0.25, 0.3) is 0 Å². The lowest BCUT2D eigenvalue weighted by Gasteiger charge is -2.36. The summed E-state index contributed by atoms with van der Waals surface area (Å²) in [5.74, 6) is 1.77. The SMILES string of the molecule is CCNC(=NCC1(C)COC1)NCC(C)Oc1ccccc1C. The molecule has 1 aromatic rings. The van der Waals surface area contributed by atoms with Gasteiger partial charge in [0.15, 0.2) is 5.96 Å². The summed E-state index contributed by atoms with van der Waals surface area (Å²) in [6.07, 6.45) is 0.0579. The van der Waals surface area contributed by atoms with Crippen molar-refractivity contribution in [3.05, 3.63) is 29.8 Å². The predicted octanol–water partition coefficient (Wildman–Crippen LogP) is 2.35. The maximum Gasteiger partial charge on any atom is 0.191 e. The molecule has 0 saturated carbocycles. The van der Waals surface area contributed by atoms with Gasteiger partial charge in [-0.2, -0.15) is 0 Å². The average Bonchev–Trinajstić information content (AvgIpc) is 2.50. The van der Waals surface area contributed by atoms with Crippen molar-refractivity contribution in [3.8, 4) is 5.75 Å². The number of ether oxygens (including phenoxy) is 2. The molecular formula is C18H29N3O2. The van der Waals surface area contributed by atoms with Gasteiger partial charge in [-0.15, -0.1) is 0 Å². The second-order valence-electron chi connectivity index (χ2n) is 6.57. The van der Waals surface area contributed by atoms with Crippen LogP contribution in [0.1, 0.15) is 26.3 Å². The summed E-state index contributed by atoms with van der Waals surface area (Å²) in [5.41, 5.74) is 1.34. The lowest BCUT2D eigenvalue weighted by atomic mass is 9.89. The van der Waals surface area contributed by atoms with Gasteiger partial charge in [0.05, 0.1) is 26.3 Å². The largest absolute Gasteiger partial charge is 0.489 e. The first kappa shape index (κ1) is 17.6. The van der Waals surface area contributed by atoms with E-state index in [1.54, 1.807) is 0 Å². The second-order valence-corrected chi connectivity index (χ2v) is 6.57. The molecule has 5 heteroatoms. The first-order chi connectivity index (χ1) is 11.0. The van der Waals surface area contributed by atoms with Crippen LogP contribution in [0.15, 0.2) is 29.3 Å². The normalized spacial score (nSPS) is 18.0. The molecule has 0 radical (unpaired) electrons. The third-order valence-corrected chi connectivity index (χ3v) is 3.84. The highest BCUT2D eigenvalue weighted by Gasteiger charge is 2.33. The van der Waals surface area contributed by atoms with Gasteiger partial charge in [-0.05, 0) is 32.4 Å². The van der Waals surface area contributed by atoms with Gasteiger partial charge in [-0.25, -0.2) is 0 Å². The molecule has 1 aliphatic heterocycles. The van der Waals surface area contributed by atoms with Crippen LogP contribution in [0, 0.1) is 12.3 Å². The highest BCUT2D eigenvalue weighted by molar-refractivity contribution is 5.79. The van der Waals surface area contributed by atoms with Gasteiger partial charge in [0.1, 0.15) is 11.9 Å². The molecule has 23 heavy (non-hydrogen) atoms. The number of nitrogens with one attached hydrogen (secondary N) is 2. The molecule has 0 aliphatic carbocycles. The van der Waals surface area contributed by atoms with Crippen LogP contribution in [0.4, 0.5) is 0 Å². The number of aliphatic imine (C=N–C) groups is 1. The molecule has 1 aliphatic rings. The highest BCUT2D eigenvalue weighted by Crippen LogP contribution is 2.26. The van der Waals surface area contributed by atoms with Crippen LogP contribution >= 0.6 is 0 Å². The molecule has 1 atom stereocenters. The maximum absolute atomic E-state index is 5.99. The van der Waals surface area contributed by atoms with E-state index in [0.29, 0.717) is 6.54 Å². The van der Waals surface area contributed by atoms with E-state index in [4.69, 9.17) is 9.47 Å². The van der Waals surface area contributed by atoms with Gasteiger partial charge in [0.2, 0.25) is 0 Å². The number of benzene rings is 1. The molecule has 1 unspecified atom stereocenters. The summed E-state index contributed by atoms with van der Waals surface area (Å²) in [6, 6.07) is 8.08. The van der Waals surface area contributed by atoms with Crippen molar-refractivity contribution in [1.82, 2.24) is 10.6 Å². The summed E-state index contributed by atoms with van der Waals surface area (Å²) in [6.45, 7) is 12.3. The Balaban J connectivity index is 1.82. The van der Waals surface area contributed by atoms with Crippen LogP contribution in [-0.2, 0) is 4.74 Å². The Morgan fingerprint density at radius 2 is 2.09 bits per heavy atom. The fraction of sp³-hybridized carbons (Fsp3) is 0.611. The third kappa shape index (κ3) is 5.43. The van der Waals surface area contributed by atoms with E-state index in [-0.39, 0.29) is 11.5 Å². The van der Waals surface area contributed by atoms with Crippen LogP contribution in [0.25, 0.3) is 0 Å². The molecule has 1 heterocycles. The quantitative estimate of drug-likeness (QED) is 0.598. The van der Waals surface area contributed by atoms with Gasteiger partial charge in [0, 0.05) is 12.0 Å². The topological polar surface area (TPSA) is 54.9 Å². The first-order valence-electron chi connectivity index (χ1n) is 8.34. The fourth-order valence-electron chi connectivity index (χ4n) is 2.34. The monoisotopic (exact) mass is 319 g/mol. The number of aryl methyl sites for hydroxylation is 1. The van der Waals surface area contributed by atoms with Crippen LogP contribution in [0.3, 0.4) is 0 Å². The zero-order chi connectivity index (χ0) is 16.7. The van der Waals surface area contributed by atoms with E-state index in [0.717, 1.165) is 43.6 Å². The van der Waals surface area contributed by atoms with Crippen molar-refractivity contribution >= 4 is 5.96 Å². The van der Waals surface area contributed by atoms with Gasteiger partial charge >= 0.3 is 0 Å². The van der Waals surface area contributed by atoms with Crippen LogP contribution < -0.4 is 15.4 Å². The van der Waals surface area contributed by atoms with E-state index in [2.05, 4.69) is 49.4 Å². The van der Waals surface area contributed by atoms with Crippen LogP contribution in [0.5, 0.6) is 5.75 Å². The average molecular weight is 319 g/mol. The minimum Gasteiger partial charge on any atom is -0.489 e. The molecule has 2 rings (SSSR count). The Morgan fingerprint density at radius 1 is 1.35 bits per heavy atom. The van der Waals surface area contributed by atoms with Crippen molar-refractivity contribution in [2.24, 2.45) is 10.4 Å². The fourth-order valence-corrected chi connectivity index (χ4v) is 2.34. The number of para-hydroxylation sites is 1. The molecule has 5 nitrogen and oxygen atoms in total. The molecule has 0 aromatic heterocycles. The standard InChI is InChI=1S/C18H29N3O2/c1-5-19-17(21-11-18(4)12-22-13-18)20-10-15(3)23-16-9-7-6-8-14(16)2/h6-9,15H,5,10-13H2,1-4H3,(H2,19,20,21). The van der Waals surface area contributed by atoms with Crippen LogP contribution in [-0.4, -0.2) is 44.9 Å². The summed E-state index contributed by atoms with van der Waals surface area (Å²) < 4.78 is 11.3. The molecule has 0 spiro atoms. The number of rotatable bonds is 7. The molecule has 1 fully saturated rings. The first-order valence-corrected chi connectivity index (χ1v) is 8.34. The van der Waals surface area contributed by atoms with E-state index < -0.39 is 0 Å². The minimum absolute atomic E-state index is 0.0579. The Kier molecular flexibility index (Phi) is 6.28. The Labute approximate surface area is 139 Å².